The smallest absolute Gasteiger partial charge is 0.269 e. The Balaban J connectivity index is 1.52. The van der Waals surface area contributed by atoms with Gasteiger partial charge in [0.15, 0.2) is 0 Å². The summed E-state index contributed by atoms with van der Waals surface area (Å²) in [6, 6.07) is 6.01. The molecule has 1 aliphatic heterocycles. The fourth-order valence-electron chi connectivity index (χ4n) is 3.43. The van der Waals surface area contributed by atoms with Crippen LogP contribution in [0.4, 0.5) is 11.5 Å². The van der Waals surface area contributed by atoms with Gasteiger partial charge in [0.1, 0.15) is 17.0 Å². The second kappa shape index (κ2) is 7.43. The zero-order chi connectivity index (χ0) is 20.7. The van der Waals surface area contributed by atoms with Gasteiger partial charge >= 0.3 is 0 Å². The Hall–Kier alpha value is -3.44. The van der Waals surface area contributed by atoms with E-state index in [0.717, 1.165) is 39.6 Å². The number of nitrogens with zero attached hydrogens (tertiary/aromatic N) is 6. The molecule has 3 aromatic heterocycles. The van der Waals surface area contributed by atoms with E-state index in [1.54, 1.807) is 18.5 Å². The first-order valence-electron chi connectivity index (χ1n) is 9.27. The predicted octanol–water partition coefficient (Wildman–Crippen LogP) is 3.46. The van der Waals surface area contributed by atoms with Crippen molar-refractivity contribution >= 4 is 33.1 Å². The van der Waals surface area contributed by atoms with Crippen molar-refractivity contribution in [2.45, 2.75) is 6.92 Å². The van der Waals surface area contributed by atoms with Crippen molar-refractivity contribution < 1.29 is 14.1 Å². The summed E-state index contributed by atoms with van der Waals surface area (Å²) in [7, 11) is 0. The number of hydrogen-bond acceptors (Lipinski definition) is 10. The van der Waals surface area contributed by atoms with Crippen molar-refractivity contribution in [3.05, 3.63) is 46.3 Å². The first kappa shape index (κ1) is 18.6. The van der Waals surface area contributed by atoms with Crippen LogP contribution in [0.5, 0.6) is 0 Å². The van der Waals surface area contributed by atoms with Crippen LogP contribution < -0.4 is 4.90 Å². The molecular formula is C19H16N6O4S. The number of benzene rings is 1. The molecule has 30 heavy (non-hydrogen) atoms. The van der Waals surface area contributed by atoms with E-state index in [1.807, 2.05) is 6.92 Å². The van der Waals surface area contributed by atoms with Gasteiger partial charge in [0, 0.05) is 30.8 Å². The molecule has 0 radical (unpaired) electrons. The monoisotopic (exact) mass is 424 g/mol. The molecule has 0 unspecified atom stereocenters. The summed E-state index contributed by atoms with van der Waals surface area (Å²) in [5.74, 6) is 1.58. The van der Waals surface area contributed by atoms with E-state index in [1.165, 1.54) is 23.5 Å². The number of non-ortho nitro benzene ring substituents is 1. The molecule has 0 bridgehead atoms. The largest absolute Gasteiger partial charge is 0.415 e. The number of aromatic nitrogens is 4. The molecule has 1 fully saturated rings. The van der Waals surface area contributed by atoms with Crippen molar-refractivity contribution in [3.63, 3.8) is 0 Å². The van der Waals surface area contributed by atoms with E-state index >= 15 is 0 Å². The van der Waals surface area contributed by atoms with Crippen LogP contribution in [0.15, 0.2) is 35.0 Å². The van der Waals surface area contributed by atoms with E-state index < -0.39 is 4.92 Å². The third-order valence-corrected chi connectivity index (χ3v) is 6.15. The number of morpholine rings is 1. The number of ether oxygens (including phenoxy) is 1. The van der Waals surface area contributed by atoms with Gasteiger partial charge in [-0.1, -0.05) is 0 Å². The minimum Gasteiger partial charge on any atom is -0.415 e. The molecule has 4 heterocycles. The lowest BCUT2D eigenvalue weighted by Gasteiger charge is -2.28. The van der Waals surface area contributed by atoms with Gasteiger partial charge in [0.25, 0.3) is 11.6 Å². The molecule has 11 heteroatoms. The van der Waals surface area contributed by atoms with Crippen LogP contribution in [-0.4, -0.2) is 51.4 Å². The van der Waals surface area contributed by atoms with Crippen LogP contribution in [-0.2, 0) is 4.74 Å². The lowest BCUT2D eigenvalue weighted by atomic mass is 10.2. The molecule has 152 valence electrons. The Bertz CT molecular complexity index is 1230. The molecule has 5 rings (SSSR count). The highest BCUT2D eigenvalue weighted by atomic mass is 32.1. The molecule has 4 aromatic rings. The highest BCUT2D eigenvalue weighted by molar-refractivity contribution is 7.22. The van der Waals surface area contributed by atoms with Gasteiger partial charge in [0.2, 0.25) is 5.89 Å². The second-order valence-corrected chi connectivity index (χ2v) is 7.75. The Morgan fingerprint density at radius 1 is 1.10 bits per heavy atom. The molecule has 10 nitrogen and oxygen atoms in total. The van der Waals surface area contributed by atoms with Crippen LogP contribution in [0.3, 0.4) is 0 Å². The summed E-state index contributed by atoms with van der Waals surface area (Å²) in [5, 5.41) is 20.1. The standard InChI is InChI=1S/C19H16N6O4S/c1-11-14-16(24-6-8-28-9-7-24)20-10-21-19(14)30-15(11)18-23-22-17(29-18)12-2-4-13(5-3-12)25(26)27/h2-5,10H,6-9H2,1H3. The first-order valence-corrected chi connectivity index (χ1v) is 10.1. The summed E-state index contributed by atoms with van der Waals surface area (Å²) >= 11 is 1.48. The minimum absolute atomic E-state index is 0.00746. The molecule has 0 saturated carbocycles. The van der Waals surface area contributed by atoms with Crippen molar-refractivity contribution in [1.82, 2.24) is 20.2 Å². The van der Waals surface area contributed by atoms with Crippen molar-refractivity contribution in [1.29, 1.82) is 0 Å². The van der Waals surface area contributed by atoms with Gasteiger partial charge in [-0.05, 0) is 24.6 Å². The lowest BCUT2D eigenvalue weighted by molar-refractivity contribution is -0.384. The molecule has 1 aromatic carbocycles. The summed E-state index contributed by atoms with van der Waals surface area (Å²) in [5.41, 5.74) is 1.61. The van der Waals surface area contributed by atoms with Crippen LogP contribution >= 0.6 is 11.3 Å². The highest BCUT2D eigenvalue weighted by Gasteiger charge is 2.23. The van der Waals surface area contributed by atoms with Gasteiger partial charge < -0.3 is 14.1 Å². The highest BCUT2D eigenvalue weighted by Crippen LogP contribution is 2.40. The van der Waals surface area contributed by atoms with E-state index in [0.29, 0.717) is 30.6 Å². The van der Waals surface area contributed by atoms with Gasteiger partial charge in [-0.3, -0.25) is 10.1 Å². The van der Waals surface area contributed by atoms with E-state index in [2.05, 4.69) is 25.1 Å². The summed E-state index contributed by atoms with van der Waals surface area (Å²) in [4.78, 5) is 23.2. The average molecular weight is 424 g/mol. The maximum atomic E-state index is 10.8. The maximum absolute atomic E-state index is 10.8. The summed E-state index contributed by atoms with van der Waals surface area (Å²) in [6.45, 7) is 4.90. The fourth-order valence-corrected chi connectivity index (χ4v) is 4.49. The number of thiophene rings is 1. The molecule has 0 N–H and O–H groups in total. The first-order chi connectivity index (χ1) is 14.6. The Kier molecular flexibility index (Phi) is 4.60. The SMILES string of the molecule is Cc1c(-c2nnc(-c3ccc([N+](=O)[O-])cc3)o2)sc2ncnc(N3CCOCC3)c12. The summed E-state index contributed by atoms with van der Waals surface area (Å²) < 4.78 is 11.3. The van der Waals surface area contributed by atoms with Crippen LogP contribution in [0, 0.1) is 17.0 Å². The Morgan fingerprint density at radius 2 is 1.83 bits per heavy atom. The number of fused-ring (bicyclic) bond motifs is 1. The third kappa shape index (κ3) is 3.17. The average Bonchev–Trinajstić information content (AvgIpc) is 3.39. The normalized spacial score (nSPS) is 14.4. The second-order valence-electron chi connectivity index (χ2n) is 6.75. The zero-order valence-corrected chi connectivity index (χ0v) is 16.8. The van der Waals surface area contributed by atoms with Gasteiger partial charge in [-0.25, -0.2) is 9.97 Å². The molecular weight excluding hydrogens is 408 g/mol. The molecule has 1 aliphatic rings. The van der Waals surface area contributed by atoms with Crippen LogP contribution in [0.25, 0.3) is 32.4 Å². The zero-order valence-electron chi connectivity index (χ0n) is 15.9. The van der Waals surface area contributed by atoms with Gasteiger partial charge in [-0.2, -0.15) is 0 Å². The number of rotatable bonds is 4. The Labute approximate surface area is 174 Å². The lowest BCUT2D eigenvalue weighted by Crippen LogP contribution is -2.36. The van der Waals surface area contributed by atoms with Crippen LogP contribution in [0.2, 0.25) is 0 Å². The number of hydrogen-bond donors (Lipinski definition) is 0. The number of anilines is 1. The fraction of sp³-hybridized carbons (Fsp3) is 0.263. The molecule has 0 spiro atoms. The molecule has 1 saturated heterocycles. The number of nitro benzene ring substituents is 1. The number of nitro groups is 1. The van der Waals surface area contributed by atoms with E-state index in [-0.39, 0.29) is 5.69 Å². The maximum Gasteiger partial charge on any atom is 0.269 e. The molecule has 0 amide bonds. The van der Waals surface area contributed by atoms with E-state index in [9.17, 15) is 10.1 Å². The number of aryl methyl sites for hydroxylation is 1. The van der Waals surface area contributed by atoms with Gasteiger partial charge in [-0.15, -0.1) is 21.5 Å². The van der Waals surface area contributed by atoms with Crippen molar-refractivity contribution in [2.24, 2.45) is 0 Å². The van der Waals surface area contributed by atoms with Crippen molar-refractivity contribution in [3.8, 4) is 22.2 Å². The molecule has 0 atom stereocenters. The third-order valence-electron chi connectivity index (χ3n) is 4.96. The summed E-state index contributed by atoms with van der Waals surface area (Å²) in [6.07, 6.45) is 1.57. The van der Waals surface area contributed by atoms with Crippen LogP contribution in [0.1, 0.15) is 5.56 Å². The Morgan fingerprint density at radius 3 is 2.57 bits per heavy atom. The molecule has 0 aliphatic carbocycles. The van der Waals surface area contributed by atoms with Crippen molar-refractivity contribution in [2.75, 3.05) is 31.2 Å². The minimum atomic E-state index is -0.448. The quantitative estimate of drug-likeness (QED) is 0.358. The topological polar surface area (TPSA) is 120 Å². The van der Waals surface area contributed by atoms with Gasteiger partial charge in [0.05, 0.1) is 28.4 Å². The predicted molar refractivity (Wildman–Crippen MR) is 111 cm³/mol. The van der Waals surface area contributed by atoms with E-state index in [4.69, 9.17) is 9.15 Å².